The summed E-state index contributed by atoms with van der Waals surface area (Å²) in [6, 6.07) is 0. The van der Waals surface area contributed by atoms with Crippen LogP contribution < -0.4 is 10.6 Å². The molecular formula is C14H26N2O2. The zero-order valence-corrected chi connectivity index (χ0v) is 11.2. The molecule has 2 aliphatic rings. The van der Waals surface area contributed by atoms with Gasteiger partial charge in [0.2, 0.25) is 5.91 Å². The zero-order valence-electron chi connectivity index (χ0n) is 11.2. The second-order valence-electron chi connectivity index (χ2n) is 5.89. The van der Waals surface area contributed by atoms with E-state index in [9.17, 15) is 9.90 Å². The van der Waals surface area contributed by atoms with Crippen LogP contribution in [0.3, 0.4) is 0 Å². The topological polar surface area (TPSA) is 61.4 Å². The van der Waals surface area contributed by atoms with Crippen LogP contribution in [-0.2, 0) is 4.79 Å². The van der Waals surface area contributed by atoms with Gasteiger partial charge in [0, 0.05) is 13.0 Å². The van der Waals surface area contributed by atoms with Crippen LogP contribution >= 0.6 is 0 Å². The van der Waals surface area contributed by atoms with Gasteiger partial charge in [-0.05, 0) is 63.5 Å². The van der Waals surface area contributed by atoms with E-state index < -0.39 is 0 Å². The molecule has 3 N–H and O–H groups in total. The summed E-state index contributed by atoms with van der Waals surface area (Å²) in [6.07, 6.45) is 6.82. The van der Waals surface area contributed by atoms with E-state index in [0.29, 0.717) is 18.3 Å². The molecule has 0 bridgehead atoms. The predicted octanol–water partition coefficient (Wildman–Crippen LogP) is 1.04. The molecule has 18 heavy (non-hydrogen) atoms. The lowest BCUT2D eigenvalue weighted by molar-refractivity contribution is -0.121. The number of piperidine rings is 1. The Balaban J connectivity index is 1.54. The van der Waals surface area contributed by atoms with Crippen LogP contribution in [-0.4, -0.2) is 36.8 Å². The summed E-state index contributed by atoms with van der Waals surface area (Å²) in [5.41, 5.74) is 0. The van der Waals surface area contributed by atoms with Crippen molar-refractivity contribution in [2.24, 2.45) is 11.8 Å². The molecule has 1 heterocycles. The van der Waals surface area contributed by atoms with Crippen molar-refractivity contribution in [1.29, 1.82) is 0 Å². The zero-order chi connectivity index (χ0) is 12.8. The molecule has 2 rings (SSSR count). The quantitative estimate of drug-likeness (QED) is 0.687. The Morgan fingerprint density at radius 1 is 1.28 bits per heavy atom. The fraction of sp³-hybridized carbons (Fsp3) is 0.929. The maximum absolute atomic E-state index is 11.7. The molecule has 2 fully saturated rings. The second-order valence-corrected chi connectivity index (χ2v) is 5.89. The lowest BCUT2D eigenvalue weighted by Gasteiger charge is -2.22. The Bertz CT molecular complexity index is 254. The van der Waals surface area contributed by atoms with Gasteiger partial charge in [-0.25, -0.2) is 0 Å². The van der Waals surface area contributed by atoms with Gasteiger partial charge in [0.1, 0.15) is 0 Å². The Kier molecular flexibility index (Phi) is 5.45. The molecule has 3 atom stereocenters. The first-order valence-electron chi connectivity index (χ1n) is 7.39. The van der Waals surface area contributed by atoms with Crippen LogP contribution in [0.2, 0.25) is 0 Å². The van der Waals surface area contributed by atoms with Crippen LogP contribution in [0, 0.1) is 11.8 Å². The Morgan fingerprint density at radius 2 is 2.17 bits per heavy atom. The molecule has 1 saturated carbocycles. The van der Waals surface area contributed by atoms with Crippen molar-refractivity contribution in [1.82, 2.24) is 10.6 Å². The van der Waals surface area contributed by atoms with Crippen LogP contribution in [0.25, 0.3) is 0 Å². The molecule has 0 aromatic heterocycles. The Hall–Kier alpha value is -0.610. The van der Waals surface area contributed by atoms with Crippen molar-refractivity contribution in [2.75, 3.05) is 19.6 Å². The number of amides is 1. The highest BCUT2D eigenvalue weighted by Crippen LogP contribution is 2.24. The largest absolute Gasteiger partial charge is 0.393 e. The molecule has 1 saturated heterocycles. The fourth-order valence-corrected chi connectivity index (χ4v) is 3.09. The standard InChI is InChI=1S/C14H26N2O2/c17-13-5-3-12(8-13)10-16-14(18)6-4-11-2-1-7-15-9-11/h11-13,15,17H,1-10H2,(H,16,18). The smallest absolute Gasteiger partial charge is 0.220 e. The van der Waals surface area contributed by atoms with Crippen molar-refractivity contribution in [3.8, 4) is 0 Å². The molecule has 0 spiro atoms. The maximum Gasteiger partial charge on any atom is 0.220 e. The molecule has 0 aromatic carbocycles. The Morgan fingerprint density at radius 3 is 2.83 bits per heavy atom. The van der Waals surface area contributed by atoms with E-state index in [4.69, 9.17) is 0 Å². The number of hydrogen-bond donors (Lipinski definition) is 3. The number of rotatable bonds is 5. The fourth-order valence-electron chi connectivity index (χ4n) is 3.09. The summed E-state index contributed by atoms with van der Waals surface area (Å²) in [5, 5.41) is 15.8. The first-order chi connectivity index (χ1) is 8.74. The lowest BCUT2D eigenvalue weighted by Crippen LogP contribution is -2.32. The monoisotopic (exact) mass is 254 g/mol. The Labute approximate surface area is 110 Å². The second kappa shape index (κ2) is 7.10. The normalized spacial score (nSPS) is 32.4. The van der Waals surface area contributed by atoms with Crippen LogP contribution in [0.15, 0.2) is 0 Å². The van der Waals surface area contributed by atoms with E-state index >= 15 is 0 Å². The van der Waals surface area contributed by atoms with E-state index in [2.05, 4.69) is 10.6 Å². The predicted molar refractivity (Wildman–Crippen MR) is 71.2 cm³/mol. The first-order valence-corrected chi connectivity index (χ1v) is 7.39. The number of aliphatic hydroxyl groups is 1. The van der Waals surface area contributed by atoms with Gasteiger partial charge in [0.05, 0.1) is 6.10 Å². The number of carbonyl (C=O) groups is 1. The molecule has 1 amide bonds. The van der Waals surface area contributed by atoms with Gasteiger partial charge in [0.25, 0.3) is 0 Å². The lowest BCUT2D eigenvalue weighted by atomic mass is 9.94. The summed E-state index contributed by atoms with van der Waals surface area (Å²) < 4.78 is 0. The van der Waals surface area contributed by atoms with Gasteiger partial charge in [-0.15, -0.1) is 0 Å². The number of carbonyl (C=O) groups excluding carboxylic acids is 1. The van der Waals surface area contributed by atoms with E-state index in [1.54, 1.807) is 0 Å². The summed E-state index contributed by atoms with van der Waals surface area (Å²) >= 11 is 0. The van der Waals surface area contributed by atoms with Crippen molar-refractivity contribution in [2.45, 2.75) is 51.0 Å². The highest BCUT2D eigenvalue weighted by atomic mass is 16.3. The molecular weight excluding hydrogens is 228 g/mol. The van der Waals surface area contributed by atoms with Crippen molar-refractivity contribution in [3.05, 3.63) is 0 Å². The van der Waals surface area contributed by atoms with E-state index in [1.807, 2.05) is 0 Å². The van der Waals surface area contributed by atoms with Gasteiger partial charge in [-0.3, -0.25) is 4.79 Å². The minimum absolute atomic E-state index is 0.139. The van der Waals surface area contributed by atoms with Gasteiger partial charge in [-0.1, -0.05) is 0 Å². The SMILES string of the molecule is O=C(CCC1CCCNC1)NCC1CCC(O)C1. The average molecular weight is 254 g/mol. The van der Waals surface area contributed by atoms with Gasteiger partial charge in [0.15, 0.2) is 0 Å². The van der Waals surface area contributed by atoms with Gasteiger partial charge < -0.3 is 15.7 Å². The highest BCUT2D eigenvalue weighted by Gasteiger charge is 2.23. The third-order valence-electron chi connectivity index (χ3n) is 4.28. The first kappa shape index (κ1) is 13.8. The summed E-state index contributed by atoms with van der Waals surface area (Å²) in [4.78, 5) is 11.7. The maximum atomic E-state index is 11.7. The van der Waals surface area contributed by atoms with E-state index in [0.717, 1.165) is 45.3 Å². The summed E-state index contributed by atoms with van der Waals surface area (Å²) in [7, 11) is 0. The minimum Gasteiger partial charge on any atom is -0.393 e. The van der Waals surface area contributed by atoms with Gasteiger partial charge >= 0.3 is 0 Å². The van der Waals surface area contributed by atoms with Gasteiger partial charge in [-0.2, -0.15) is 0 Å². The third kappa shape index (κ3) is 4.58. The molecule has 1 aliphatic carbocycles. The van der Waals surface area contributed by atoms with E-state index in [1.165, 1.54) is 12.8 Å². The van der Waals surface area contributed by atoms with Crippen molar-refractivity contribution < 1.29 is 9.90 Å². The molecule has 104 valence electrons. The molecule has 3 unspecified atom stereocenters. The van der Waals surface area contributed by atoms with Crippen LogP contribution in [0.1, 0.15) is 44.9 Å². The summed E-state index contributed by atoms with van der Waals surface area (Å²) in [5.74, 6) is 1.35. The third-order valence-corrected chi connectivity index (χ3v) is 4.28. The van der Waals surface area contributed by atoms with E-state index in [-0.39, 0.29) is 12.0 Å². The summed E-state index contributed by atoms with van der Waals surface area (Å²) in [6.45, 7) is 2.95. The number of hydrogen-bond acceptors (Lipinski definition) is 3. The molecule has 1 aliphatic heterocycles. The molecule has 0 aromatic rings. The van der Waals surface area contributed by atoms with Crippen molar-refractivity contribution in [3.63, 3.8) is 0 Å². The number of aliphatic hydroxyl groups excluding tert-OH is 1. The minimum atomic E-state index is -0.139. The number of nitrogens with one attached hydrogen (secondary N) is 2. The highest BCUT2D eigenvalue weighted by molar-refractivity contribution is 5.75. The van der Waals surface area contributed by atoms with Crippen molar-refractivity contribution >= 4 is 5.91 Å². The molecule has 0 radical (unpaired) electrons. The molecule has 4 nitrogen and oxygen atoms in total. The molecule has 4 heteroatoms. The van der Waals surface area contributed by atoms with Crippen LogP contribution in [0.4, 0.5) is 0 Å². The average Bonchev–Trinajstić information content (AvgIpc) is 2.81. The van der Waals surface area contributed by atoms with Crippen LogP contribution in [0.5, 0.6) is 0 Å².